The standard InChI is InChI=1S/C9H14ClF2N3/c1-2-14-6-4-13-9(14)15(5-3-10)7-8(11)12/h4,6,8H,2-3,5,7H2,1H3. The van der Waals surface area contributed by atoms with Crippen molar-refractivity contribution in [3.63, 3.8) is 0 Å². The molecule has 1 rings (SSSR count). The van der Waals surface area contributed by atoms with Gasteiger partial charge in [-0.2, -0.15) is 0 Å². The molecule has 3 nitrogen and oxygen atoms in total. The number of rotatable bonds is 6. The molecular weight excluding hydrogens is 224 g/mol. The van der Waals surface area contributed by atoms with Crippen molar-refractivity contribution in [2.24, 2.45) is 0 Å². The average Bonchev–Trinajstić information content (AvgIpc) is 2.64. The maximum Gasteiger partial charge on any atom is 0.255 e. The predicted molar refractivity (Wildman–Crippen MR) is 56.8 cm³/mol. The number of halogens is 3. The van der Waals surface area contributed by atoms with Crippen LogP contribution in [0.15, 0.2) is 12.4 Å². The highest BCUT2D eigenvalue weighted by Gasteiger charge is 2.16. The van der Waals surface area contributed by atoms with Crippen LogP contribution >= 0.6 is 11.6 Å². The van der Waals surface area contributed by atoms with Gasteiger partial charge in [-0.05, 0) is 6.92 Å². The Morgan fingerprint density at radius 3 is 2.87 bits per heavy atom. The molecule has 0 radical (unpaired) electrons. The highest BCUT2D eigenvalue weighted by molar-refractivity contribution is 6.18. The van der Waals surface area contributed by atoms with E-state index in [-0.39, 0.29) is 6.54 Å². The van der Waals surface area contributed by atoms with E-state index in [0.717, 1.165) is 0 Å². The topological polar surface area (TPSA) is 21.1 Å². The van der Waals surface area contributed by atoms with Gasteiger partial charge in [0.2, 0.25) is 5.95 Å². The molecule has 1 heterocycles. The number of aryl methyl sites for hydroxylation is 1. The summed E-state index contributed by atoms with van der Waals surface area (Å²) < 4.78 is 26.4. The van der Waals surface area contributed by atoms with Gasteiger partial charge in [0.25, 0.3) is 6.43 Å². The van der Waals surface area contributed by atoms with E-state index in [0.29, 0.717) is 24.9 Å². The molecule has 0 N–H and O–H groups in total. The van der Waals surface area contributed by atoms with Crippen LogP contribution in [0.5, 0.6) is 0 Å². The van der Waals surface area contributed by atoms with Crippen molar-refractivity contribution >= 4 is 17.5 Å². The van der Waals surface area contributed by atoms with Crippen LogP contribution < -0.4 is 4.90 Å². The van der Waals surface area contributed by atoms with Crippen LogP contribution in [0.25, 0.3) is 0 Å². The minimum atomic E-state index is -2.38. The Bertz CT molecular complexity index is 291. The van der Waals surface area contributed by atoms with Gasteiger partial charge >= 0.3 is 0 Å². The van der Waals surface area contributed by atoms with E-state index in [9.17, 15) is 8.78 Å². The summed E-state index contributed by atoms with van der Waals surface area (Å²) in [5, 5.41) is 0. The largest absolute Gasteiger partial charge is 0.335 e. The number of hydrogen-bond donors (Lipinski definition) is 0. The first-order chi connectivity index (χ1) is 7.19. The van der Waals surface area contributed by atoms with Crippen LogP contribution in [-0.4, -0.2) is 34.9 Å². The molecule has 0 aromatic carbocycles. The van der Waals surface area contributed by atoms with Crippen LogP contribution in [0.3, 0.4) is 0 Å². The van der Waals surface area contributed by atoms with E-state index in [2.05, 4.69) is 4.98 Å². The maximum absolute atomic E-state index is 12.3. The smallest absolute Gasteiger partial charge is 0.255 e. The van der Waals surface area contributed by atoms with Gasteiger partial charge in [-0.3, -0.25) is 0 Å². The number of nitrogens with zero attached hydrogens (tertiary/aromatic N) is 3. The van der Waals surface area contributed by atoms with Crippen LogP contribution in [-0.2, 0) is 6.54 Å². The van der Waals surface area contributed by atoms with Crippen molar-refractivity contribution in [3.05, 3.63) is 12.4 Å². The van der Waals surface area contributed by atoms with E-state index >= 15 is 0 Å². The van der Waals surface area contributed by atoms with Crippen molar-refractivity contribution in [1.82, 2.24) is 9.55 Å². The molecule has 1 aromatic heterocycles. The van der Waals surface area contributed by atoms with E-state index in [1.54, 1.807) is 12.4 Å². The van der Waals surface area contributed by atoms with E-state index in [4.69, 9.17) is 11.6 Å². The highest BCUT2D eigenvalue weighted by atomic mass is 35.5. The van der Waals surface area contributed by atoms with E-state index < -0.39 is 6.43 Å². The van der Waals surface area contributed by atoms with Gasteiger partial charge in [-0.25, -0.2) is 13.8 Å². The lowest BCUT2D eigenvalue weighted by Gasteiger charge is -2.22. The minimum absolute atomic E-state index is 0.309. The Hall–Kier alpha value is -0.840. The fourth-order valence-electron chi connectivity index (χ4n) is 1.37. The molecule has 0 amide bonds. The van der Waals surface area contributed by atoms with Crippen molar-refractivity contribution in [2.45, 2.75) is 19.9 Å². The Balaban J connectivity index is 2.78. The molecule has 0 bridgehead atoms. The summed E-state index contributed by atoms with van der Waals surface area (Å²) in [4.78, 5) is 5.56. The zero-order valence-electron chi connectivity index (χ0n) is 8.54. The third-order valence-electron chi connectivity index (χ3n) is 2.03. The van der Waals surface area contributed by atoms with Gasteiger partial charge in [-0.1, -0.05) is 0 Å². The second-order valence-electron chi connectivity index (χ2n) is 3.04. The summed E-state index contributed by atoms with van der Waals surface area (Å²) >= 11 is 5.57. The fourth-order valence-corrected chi connectivity index (χ4v) is 1.58. The van der Waals surface area contributed by atoms with Gasteiger partial charge in [0.05, 0.1) is 6.54 Å². The summed E-state index contributed by atoms with van der Waals surface area (Å²) in [7, 11) is 0. The minimum Gasteiger partial charge on any atom is -0.335 e. The van der Waals surface area contributed by atoms with Crippen molar-refractivity contribution in [1.29, 1.82) is 0 Å². The number of anilines is 1. The SMILES string of the molecule is CCn1ccnc1N(CCCl)CC(F)F. The summed E-state index contributed by atoms with van der Waals surface area (Å²) in [6.45, 7) is 2.69. The molecule has 86 valence electrons. The lowest BCUT2D eigenvalue weighted by molar-refractivity contribution is 0.154. The Kier molecular flexibility index (Phi) is 4.81. The molecule has 0 saturated heterocycles. The molecule has 0 fully saturated rings. The zero-order valence-corrected chi connectivity index (χ0v) is 9.29. The lowest BCUT2D eigenvalue weighted by Crippen LogP contribution is -2.33. The van der Waals surface area contributed by atoms with E-state index in [1.807, 2.05) is 11.5 Å². The molecule has 0 unspecified atom stereocenters. The molecule has 1 aromatic rings. The van der Waals surface area contributed by atoms with Gasteiger partial charge < -0.3 is 9.47 Å². The number of aromatic nitrogens is 2. The zero-order chi connectivity index (χ0) is 11.3. The Labute approximate surface area is 92.7 Å². The number of alkyl halides is 3. The quantitative estimate of drug-likeness (QED) is 0.708. The predicted octanol–water partition coefficient (Wildman–Crippen LogP) is 2.21. The summed E-state index contributed by atoms with van der Waals surface area (Å²) in [5.74, 6) is 0.863. The second-order valence-corrected chi connectivity index (χ2v) is 3.42. The third-order valence-corrected chi connectivity index (χ3v) is 2.20. The van der Waals surface area contributed by atoms with Crippen LogP contribution in [0.4, 0.5) is 14.7 Å². The normalized spacial score (nSPS) is 11.0. The van der Waals surface area contributed by atoms with Gasteiger partial charge in [-0.15, -0.1) is 11.6 Å². The van der Waals surface area contributed by atoms with Crippen molar-refractivity contribution < 1.29 is 8.78 Å². The lowest BCUT2D eigenvalue weighted by atomic mass is 10.5. The van der Waals surface area contributed by atoms with Crippen LogP contribution in [0.2, 0.25) is 0 Å². The molecule has 0 saturated carbocycles. The average molecular weight is 238 g/mol. The Morgan fingerprint density at radius 1 is 1.60 bits per heavy atom. The summed E-state index contributed by atoms with van der Waals surface area (Å²) in [5.41, 5.74) is 0. The number of hydrogen-bond acceptors (Lipinski definition) is 2. The third kappa shape index (κ3) is 3.34. The molecule has 15 heavy (non-hydrogen) atoms. The summed E-state index contributed by atoms with van der Waals surface area (Å²) in [6, 6.07) is 0. The van der Waals surface area contributed by atoms with E-state index in [1.165, 1.54) is 4.90 Å². The molecular formula is C9H14ClF2N3. The molecule has 0 aliphatic heterocycles. The van der Waals surface area contributed by atoms with Crippen LogP contribution in [0.1, 0.15) is 6.92 Å². The molecule has 0 atom stereocenters. The van der Waals surface area contributed by atoms with Crippen molar-refractivity contribution in [3.8, 4) is 0 Å². The van der Waals surface area contributed by atoms with Gasteiger partial charge in [0.1, 0.15) is 0 Å². The second kappa shape index (κ2) is 5.90. The Morgan fingerprint density at radius 2 is 2.33 bits per heavy atom. The molecule has 0 aliphatic carbocycles. The molecule has 6 heteroatoms. The fraction of sp³-hybridized carbons (Fsp3) is 0.667. The summed E-state index contributed by atoms with van der Waals surface area (Å²) in [6.07, 6.45) is 0.989. The van der Waals surface area contributed by atoms with Gasteiger partial charge in [0.15, 0.2) is 0 Å². The first kappa shape index (κ1) is 12.2. The monoisotopic (exact) mass is 237 g/mol. The molecule has 0 aliphatic rings. The van der Waals surface area contributed by atoms with Crippen LogP contribution in [0, 0.1) is 0 Å². The highest BCUT2D eigenvalue weighted by Crippen LogP contribution is 2.13. The van der Waals surface area contributed by atoms with Gasteiger partial charge in [0, 0.05) is 31.4 Å². The maximum atomic E-state index is 12.3. The first-order valence-corrected chi connectivity index (χ1v) is 5.32. The first-order valence-electron chi connectivity index (χ1n) is 4.79. The number of imidazole rings is 1. The van der Waals surface area contributed by atoms with Crippen molar-refractivity contribution in [2.75, 3.05) is 23.9 Å². The molecule has 0 spiro atoms.